The molecule has 0 radical (unpaired) electrons. The third kappa shape index (κ3) is 8.94. The summed E-state index contributed by atoms with van der Waals surface area (Å²) in [6.07, 6.45) is 0.715. The number of halogens is 1. The summed E-state index contributed by atoms with van der Waals surface area (Å²) >= 11 is 0. The van der Waals surface area contributed by atoms with Crippen LogP contribution in [0.5, 0.6) is 0 Å². The highest BCUT2D eigenvalue weighted by molar-refractivity contribution is 7.85. The molecule has 0 heterocycles. The first-order chi connectivity index (χ1) is 11.6. The van der Waals surface area contributed by atoms with Crippen molar-refractivity contribution < 1.29 is 22.2 Å². The van der Waals surface area contributed by atoms with E-state index in [-0.39, 0.29) is 17.8 Å². The second-order valence-electron chi connectivity index (χ2n) is 5.45. The first-order valence-corrected chi connectivity index (χ1v) is 9.21. The number of benzene rings is 2. The maximum absolute atomic E-state index is 13.2. The normalized spacial score (nSPS) is 12.0. The van der Waals surface area contributed by atoms with Crippen molar-refractivity contribution in [2.75, 3.05) is 6.26 Å². The predicted octanol–water partition coefficient (Wildman–Crippen LogP) is 1.96. The molecule has 0 bridgehead atoms. The van der Waals surface area contributed by atoms with Gasteiger partial charge in [0.25, 0.3) is 10.1 Å². The molecule has 1 atom stereocenters. The molecule has 1 unspecified atom stereocenters. The van der Waals surface area contributed by atoms with E-state index in [2.05, 4.69) is 5.32 Å². The molecule has 2 rings (SSSR count). The molecule has 2 aromatic rings. The van der Waals surface area contributed by atoms with E-state index in [1.165, 1.54) is 12.1 Å². The minimum atomic E-state index is -3.67. The molecule has 0 spiro atoms. The number of rotatable bonds is 5. The highest BCUT2D eigenvalue weighted by Crippen LogP contribution is 2.20. The molecule has 0 saturated carbocycles. The number of nitrogens with two attached hydrogens (primary N) is 1. The number of amides is 1. The van der Waals surface area contributed by atoms with Gasteiger partial charge in [-0.1, -0.05) is 36.4 Å². The first kappa shape index (κ1) is 20.8. The Balaban J connectivity index is 0.000000550. The standard InChI is InChI=1S/C16H17FN2O.CH4O3S/c1-11(16(18)20)19-10-12-5-7-13(8-6-12)14-3-2-4-15(17)9-14;1-5(2,3)4/h2-9,11,19H,10H2,1H3,(H2,18,20);1H3,(H,2,3,4). The lowest BCUT2D eigenvalue weighted by Crippen LogP contribution is -2.38. The summed E-state index contributed by atoms with van der Waals surface area (Å²) < 4.78 is 39.0. The monoisotopic (exact) mass is 368 g/mol. The molecule has 0 aliphatic rings. The quantitative estimate of drug-likeness (QED) is 0.699. The van der Waals surface area contributed by atoms with Crippen LogP contribution in [-0.4, -0.2) is 31.2 Å². The van der Waals surface area contributed by atoms with Gasteiger partial charge in [-0.3, -0.25) is 9.35 Å². The molecule has 1 amide bonds. The van der Waals surface area contributed by atoms with Gasteiger partial charge in [0.15, 0.2) is 0 Å². The smallest absolute Gasteiger partial charge is 0.261 e. The highest BCUT2D eigenvalue weighted by atomic mass is 32.2. The number of carbonyl (C=O) groups excluding carboxylic acids is 1. The fraction of sp³-hybridized carbons (Fsp3) is 0.235. The minimum absolute atomic E-state index is 0.247. The van der Waals surface area contributed by atoms with Crippen molar-refractivity contribution in [3.63, 3.8) is 0 Å². The third-order valence-corrected chi connectivity index (χ3v) is 3.15. The van der Waals surface area contributed by atoms with Crippen LogP contribution in [0.4, 0.5) is 4.39 Å². The van der Waals surface area contributed by atoms with Gasteiger partial charge in [-0.15, -0.1) is 0 Å². The Kier molecular flexibility index (Phi) is 7.69. The van der Waals surface area contributed by atoms with Crippen molar-refractivity contribution >= 4 is 16.0 Å². The average Bonchev–Trinajstić information content (AvgIpc) is 2.51. The molecule has 0 aliphatic heterocycles. The van der Waals surface area contributed by atoms with E-state index in [9.17, 15) is 17.6 Å². The maximum atomic E-state index is 13.2. The van der Waals surface area contributed by atoms with Crippen molar-refractivity contribution in [1.29, 1.82) is 0 Å². The molecule has 0 saturated heterocycles. The Morgan fingerprint density at radius 3 is 2.24 bits per heavy atom. The Hall–Kier alpha value is -2.29. The van der Waals surface area contributed by atoms with Gasteiger partial charge in [0.05, 0.1) is 12.3 Å². The van der Waals surface area contributed by atoms with Crippen LogP contribution in [0.3, 0.4) is 0 Å². The van der Waals surface area contributed by atoms with Gasteiger partial charge in [0.1, 0.15) is 5.82 Å². The SMILES string of the molecule is CC(NCc1ccc(-c2cccc(F)c2)cc1)C(N)=O.CS(=O)(=O)O. The molecule has 6 nitrogen and oxygen atoms in total. The fourth-order valence-electron chi connectivity index (χ4n) is 1.85. The Bertz CT molecular complexity index is 800. The summed E-state index contributed by atoms with van der Waals surface area (Å²) in [5, 5.41) is 3.03. The molecule has 4 N–H and O–H groups in total. The van der Waals surface area contributed by atoms with E-state index in [0.29, 0.717) is 12.8 Å². The summed E-state index contributed by atoms with van der Waals surface area (Å²) in [4.78, 5) is 10.9. The maximum Gasteiger partial charge on any atom is 0.261 e. The molecule has 0 aromatic heterocycles. The lowest BCUT2D eigenvalue weighted by Gasteiger charge is -2.10. The van der Waals surface area contributed by atoms with Crippen LogP contribution in [0.25, 0.3) is 11.1 Å². The molecule has 25 heavy (non-hydrogen) atoms. The van der Waals surface area contributed by atoms with Gasteiger partial charge in [-0.25, -0.2) is 4.39 Å². The van der Waals surface area contributed by atoms with E-state index in [0.717, 1.165) is 16.7 Å². The van der Waals surface area contributed by atoms with Crippen LogP contribution in [-0.2, 0) is 21.5 Å². The lowest BCUT2D eigenvalue weighted by molar-refractivity contribution is -0.119. The van der Waals surface area contributed by atoms with Gasteiger partial charge in [0, 0.05) is 6.54 Å². The van der Waals surface area contributed by atoms with Crippen molar-refractivity contribution in [1.82, 2.24) is 5.32 Å². The third-order valence-electron chi connectivity index (χ3n) is 3.15. The Labute approximate surface area is 146 Å². The summed E-state index contributed by atoms with van der Waals surface area (Å²) in [7, 11) is -3.67. The van der Waals surface area contributed by atoms with Crippen molar-refractivity contribution in [3.8, 4) is 11.1 Å². The van der Waals surface area contributed by atoms with Gasteiger partial charge < -0.3 is 11.1 Å². The summed E-state index contributed by atoms with van der Waals surface area (Å²) in [6, 6.07) is 13.9. The van der Waals surface area contributed by atoms with Crippen LogP contribution < -0.4 is 11.1 Å². The van der Waals surface area contributed by atoms with E-state index in [1.54, 1.807) is 13.0 Å². The molecule has 2 aromatic carbocycles. The Morgan fingerprint density at radius 1 is 1.20 bits per heavy atom. The van der Waals surface area contributed by atoms with E-state index >= 15 is 0 Å². The molecule has 136 valence electrons. The van der Waals surface area contributed by atoms with Crippen LogP contribution >= 0.6 is 0 Å². The van der Waals surface area contributed by atoms with Crippen LogP contribution in [0.15, 0.2) is 48.5 Å². The van der Waals surface area contributed by atoms with Crippen molar-refractivity contribution in [2.45, 2.75) is 19.5 Å². The van der Waals surface area contributed by atoms with Crippen LogP contribution in [0.1, 0.15) is 12.5 Å². The zero-order valence-electron chi connectivity index (χ0n) is 13.9. The summed E-state index contributed by atoms with van der Waals surface area (Å²) in [6.45, 7) is 2.29. The van der Waals surface area contributed by atoms with E-state index in [4.69, 9.17) is 10.3 Å². The number of nitrogens with one attached hydrogen (secondary N) is 1. The summed E-state index contributed by atoms with van der Waals surface area (Å²) in [5.41, 5.74) is 8.01. The number of primary amides is 1. The lowest BCUT2D eigenvalue weighted by atomic mass is 10.0. The summed E-state index contributed by atoms with van der Waals surface area (Å²) in [5.74, 6) is -0.620. The van der Waals surface area contributed by atoms with Crippen LogP contribution in [0, 0.1) is 5.82 Å². The number of hydrogen-bond donors (Lipinski definition) is 3. The first-order valence-electron chi connectivity index (χ1n) is 7.36. The zero-order valence-corrected chi connectivity index (χ0v) is 14.8. The van der Waals surface area contributed by atoms with E-state index < -0.39 is 10.1 Å². The van der Waals surface area contributed by atoms with Gasteiger partial charge >= 0.3 is 0 Å². The van der Waals surface area contributed by atoms with Gasteiger partial charge in [-0.05, 0) is 35.7 Å². The molecular formula is C17H21FN2O4S. The molecule has 8 heteroatoms. The van der Waals surface area contributed by atoms with Crippen molar-refractivity contribution in [2.24, 2.45) is 5.73 Å². The second kappa shape index (κ2) is 9.26. The van der Waals surface area contributed by atoms with Gasteiger partial charge in [-0.2, -0.15) is 8.42 Å². The number of hydrogen-bond acceptors (Lipinski definition) is 4. The predicted molar refractivity (Wildman–Crippen MR) is 94.8 cm³/mol. The topological polar surface area (TPSA) is 109 Å². The Morgan fingerprint density at radius 2 is 1.76 bits per heavy atom. The molecule has 0 aliphatic carbocycles. The van der Waals surface area contributed by atoms with Gasteiger partial charge in [0.2, 0.25) is 5.91 Å². The van der Waals surface area contributed by atoms with Crippen molar-refractivity contribution in [3.05, 3.63) is 59.9 Å². The fourth-order valence-corrected chi connectivity index (χ4v) is 1.85. The zero-order chi connectivity index (χ0) is 19.0. The van der Waals surface area contributed by atoms with Crippen LogP contribution in [0.2, 0.25) is 0 Å². The highest BCUT2D eigenvalue weighted by Gasteiger charge is 2.07. The molecule has 0 fully saturated rings. The molecular weight excluding hydrogens is 347 g/mol. The minimum Gasteiger partial charge on any atom is -0.368 e. The number of carbonyl (C=O) groups is 1. The van der Waals surface area contributed by atoms with E-state index in [1.807, 2.05) is 30.3 Å². The average molecular weight is 368 g/mol. The largest absolute Gasteiger partial charge is 0.368 e. The second-order valence-corrected chi connectivity index (χ2v) is 6.91.